The fourth-order valence-corrected chi connectivity index (χ4v) is 16.9. The van der Waals surface area contributed by atoms with Gasteiger partial charge in [0.15, 0.2) is 44.9 Å². The Morgan fingerprint density at radius 1 is 0.539 bits per heavy atom. The van der Waals surface area contributed by atoms with Crippen molar-refractivity contribution in [2.75, 3.05) is 55.4 Å². The summed E-state index contributed by atoms with van der Waals surface area (Å²) in [5, 5.41) is 42.9. The third kappa shape index (κ3) is 25.1. The zero-order valence-electron chi connectivity index (χ0n) is 67.9. The second kappa shape index (κ2) is 41.4. The van der Waals surface area contributed by atoms with Crippen LogP contribution in [0.15, 0.2) is 124 Å². The van der Waals surface area contributed by atoms with Gasteiger partial charge >= 0.3 is 57.8 Å². The molecule has 0 aliphatic carbocycles. The van der Waals surface area contributed by atoms with Crippen LogP contribution in [0.5, 0.6) is 17.2 Å². The number of aromatic nitrogens is 8. The highest BCUT2D eigenvalue weighted by atomic mass is 35.5. The summed E-state index contributed by atoms with van der Waals surface area (Å²) in [6.45, 7) is 4.57. The van der Waals surface area contributed by atoms with Crippen LogP contribution in [0.1, 0.15) is 89.2 Å². The van der Waals surface area contributed by atoms with E-state index < -0.39 is 214 Å². The van der Waals surface area contributed by atoms with Gasteiger partial charge < -0.3 is 74.5 Å². The molecule has 3 aliphatic heterocycles. The van der Waals surface area contributed by atoms with Crippen molar-refractivity contribution in [3.05, 3.63) is 147 Å². The average molecular weight is 1790 g/mol. The van der Waals surface area contributed by atoms with Gasteiger partial charge in [-0.15, -0.1) is 0 Å². The van der Waals surface area contributed by atoms with Crippen molar-refractivity contribution < 1.29 is 112 Å². The number of carbonyl (C=O) groups is 3. The molecule has 6 aromatic rings. The summed E-state index contributed by atoms with van der Waals surface area (Å²) in [4.78, 5) is 82.0. The molecule has 0 amide bonds. The van der Waals surface area contributed by atoms with E-state index >= 15 is 0 Å². The van der Waals surface area contributed by atoms with E-state index in [1.54, 1.807) is 96.1 Å². The largest absolute Gasteiger partial charge is 0.463 e. The van der Waals surface area contributed by atoms with Crippen molar-refractivity contribution in [2.24, 2.45) is 17.8 Å². The lowest BCUT2D eigenvalue weighted by Gasteiger charge is -2.25. The summed E-state index contributed by atoms with van der Waals surface area (Å²) >= 11 is 36.2. The normalized spacial score (nSPS) is 26.2. The Hall–Kier alpha value is -7.95. The Bertz CT molecular complexity index is 5020. The molecule has 624 valence electrons. The van der Waals surface area contributed by atoms with Gasteiger partial charge in [-0.2, -0.15) is 24.7 Å². The van der Waals surface area contributed by atoms with Crippen LogP contribution in [0.25, 0.3) is 0 Å². The van der Waals surface area contributed by atoms with E-state index in [4.69, 9.17) is 151 Å². The molecule has 3 aromatic carbocycles. The molecule has 18 atom stereocenters. The lowest BCUT2D eigenvalue weighted by molar-refractivity contribution is -0.152. The number of benzene rings is 3. The monoisotopic (exact) mass is 1790 g/mol. The molecule has 0 spiro atoms. The zero-order chi connectivity index (χ0) is 90.5. The van der Waals surface area contributed by atoms with E-state index in [-0.39, 0.29) is 29.0 Å². The maximum atomic E-state index is 14.2. The smallest absolute Gasteiger partial charge is 0.380 e. The molecule has 45 heteroatoms. The van der Waals surface area contributed by atoms with Crippen LogP contribution in [-0.4, -0.2) is 180 Å². The summed E-state index contributed by atoms with van der Waals surface area (Å²) in [5.74, 6) is -0.834. The number of hydrogen-bond acceptors (Lipinski definition) is 32. The van der Waals surface area contributed by atoms with E-state index in [0.29, 0.717) is 15.4 Å². The molecule has 3 aliphatic rings. The first-order chi connectivity index (χ1) is 56.3. The van der Waals surface area contributed by atoms with Crippen molar-refractivity contribution in [2.45, 2.75) is 151 Å². The fourth-order valence-electron chi connectivity index (χ4n) is 10.2. The van der Waals surface area contributed by atoms with Crippen LogP contribution in [0.4, 0.5) is 22.0 Å². The van der Waals surface area contributed by atoms with Crippen LogP contribution in [0.2, 0.25) is 0 Å². The highest BCUT2D eigenvalue weighted by molar-refractivity contribution is 7.55. The summed E-state index contributed by atoms with van der Waals surface area (Å²) < 4.78 is 175. The van der Waals surface area contributed by atoms with Gasteiger partial charge in [-0.3, -0.25) is 37.1 Å². The lowest BCUT2D eigenvalue weighted by Crippen LogP contribution is -2.44. The van der Waals surface area contributed by atoms with Crippen molar-refractivity contribution in [3.63, 3.8) is 0 Å². The van der Waals surface area contributed by atoms with Gasteiger partial charge in [0.2, 0.25) is 5.95 Å². The molecule has 9 rings (SSSR count). The molecule has 6 heterocycles. The van der Waals surface area contributed by atoms with E-state index in [1.807, 2.05) is 16.1 Å². The number of alkyl halides is 3. The van der Waals surface area contributed by atoms with Crippen LogP contribution in [0.3, 0.4) is 0 Å². The second-order valence-corrected chi connectivity index (χ2v) is 34.2. The molecule has 3 fully saturated rings. The average Bonchev–Trinajstić information content (AvgIpc) is 1.59. The molecular weight excluding hydrogens is 1700 g/mol. The lowest BCUT2D eigenvalue weighted by atomic mass is 9.99. The molecule has 3 unspecified atom stereocenters. The van der Waals surface area contributed by atoms with Crippen LogP contribution in [-0.2, 0) is 70.1 Å². The molecule has 3 aromatic heterocycles. The Morgan fingerprint density at radius 3 is 1.20 bits per heavy atom. The number of halogens is 7. The number of rotatable bonds is 30. The van der Waals surface area contributed by atoms with Gasteiger partial charge in [0.25, 0.3) is 0 Å². The fraction of sp³-hybridized carbons (Fsp3) is 0.471. The second-order valence-electron chi connectivity index (χ2n) is 25.9. The standard InChI is InChI=1S/C24H27Cl2FN3O8P.2C23H27Cl2N4O8P/c1-14(2)36-21(32)15(3)13-39(34,38-16-7-5-4-6-8-16)35-12-18-19(31)24(26,9-10-25)22(37-18)30-11-17(27)20(28)29-23(30)33;1-14(2)35-20(31)15(3)13-38(33,37-16-7-5-4-6-8-16)34-12-17-19(30)23(25,9-10-24)21(36-17)29-22(32)28-18(26)11-27-29;1-14(2)35-19(31)15(3)12-38(33,37-16-7-5-4-6-8-16)34-11-17-18(30)23(25,9-10-24)20(36-17)29-13-27-21(26)28-22(29)32/h4-8,11,14-15,18-19,22,31H,12-13H2,1-3H3,(H2,28,29,33);4-8,11,14-15,17,19,21,30H,12-13H2,1-3H3,(H2,26,28,32);4-8,13-15,17-18,20,30H,11-12H2,1-3H3,(H2,26,28,32)/t15-,18-,19+,22-,24?,39+;15-,17-,19+,21-,23?,38+;15-,17-,18+,20-,23?,38+/m111/s1/i2*12D2;11D2. The number of nitrogen functional groups attached to an aromatic ring is 3. The number of nitrogens with zero attached hydrogens (tertiary/aromatic N) is 8. The molecule has 35 nitrogen and oxygen atoms in total. The van der Waals surface area contributed by atoms with Gasteiger partial charge in [-0.05, 0) is 113 Å². The maximum Gasteiger partial charge on any atom is 0.380 e. The number of aliphatic hydroxyl groups excluding tert-OH is 3. The minimum Gasteiger partial charge on any atom is -0.463 e. The first kappa shape index (κ1) is 84.9. The Morgan fingerprint density at radius 2 is 0.870 bits per heavy atom. The number of carbonyl (C=O) groups excluding carboxylic acids is 3. The molecule has 0 bridgehead atoms. The topological polar surface area (TPSA) is 482 Å². The minimum absolute atomic E-state index is 0.0245. The first-order valence-corrected chi connectivity index (χ1v) is 41.4. The Labute approximate surface area is 696 Å². The molecule has 0 radical (unpaired) electrons. The number of nitrogens with two attached hydrogens (primary N) is 3. The van der Waals surface area contributed by atoms with Gasteiger partial charge in [-0.25, -0.2) is 37.5 Å². The predicted molar refractivity (Wildman–Crippen MR) is 418 cm³/mol. The number of ether oxygens (including phenoxy) is 6. The molecule has 3 saturated heterocycles. The van der Waals surface area contributed by atoms with Crippen LogP contribution in [0, 0.1) is 57.5 Å². The molecule has 0 saturated carbocycles. The van der Waals surface area contributed by atoms with E-state index in [1.165, 1.54) is 57.2 Å². The van der Waals surface area contributed by atoms with Crippen molar-refractivity contribution in [1.82, 2.24) is 38.9 Å². The van der Waals surface area contributed by atoms with Gasteiger partial charge in [0, 0.05) is 16.1 Å². The number of hydrogen-bond donors (Lipinski definition) is 6. The summed E-state index contributed by atoms with van der Waals surface area (Å²) in [5.41, 5.74) is 13.0. The van der Waals surface area contributed by atoms with Gasteiger partial charge in [0.1, 0.15) is 66.0 Å². The molecular formula is C70H81Cl6FN11O24P3. The van der Waals surface area contributed by atoms with Crippen LogP contribution < -0.4 is 47.8 Å². The predicted octanol–water partition coefficient (Wildman–Crippen LogP) is 8.34. The third-order valence-electron chi connectivity index (χ3n) is 15.6. The van der Waals surface area contributed by atoms with Crippen molar-refractivity contribution in [3.8, 4) is 51.1 Å². The first-order valence-electron chi connectivity index (χ1n) is 36.9. The van der Waals surface area contributed by atoms with E-state index in [0.717, 1.165) is 17.1 Å². The number of aliphatic hydroxyl groups is 3. The Kier molecular flexibility index (Phi) is 30.6. The number of anilines is 3. The quantitative estimate of drug-likeness (QED) is 0.00810. The molecule has 115 heavy (non-hydrogen) atoms. The molecule has 9 N–H and O–H groups in total. The van der Waals surface area contributed by atoms with Crippen molar-refractivity contribution in [1.29, 1.82) is 0 Å². The van der Waals surface area contributed by atoms with Gasteiger partial charge in [-0.1, -0.05) is 128 Å². The van der Waals surface area contributed by atoms with Gasteiger partial charge in [0.05, 0.1) is 94.8 Å². The number of para-hydroxylation sites is 3. The maximum absolute atomic E-state index is 14.2. The highest BCUT2D eigenvalue weighted by Gasteiger charge is 2.60. The summed E-state index contributed by atoms with van der Waals surface area (Å²) in [6.07, 6.45) is -18.4. The zero-order valence-corrected chi connectivity index (χ0v) is 69.1. The summed E-state index contributed by atoms with van der Waals surface area (Å²) in [7, 11) is -13.7. The van der Waals surface area contributed by atoms with E-state index in [9.17, 15) is 62.2 Å². The highest BCUT2D eigenvalue weighted by Crippen LogP contribution is 2.55. The van der Waals surface area contributed by atoms with E-state index in [2.05, 4.69) is 42.8 Å². The third-order valence-corrected chi connectivity index (χ3v) is 23.0. The minimum atomic E-state index is -4.60. The van der Waals surface area contributed by atoms with Crippen molar-refractivity contribution >= 4 is 128 Å². The van der Waals surface area contributed by atoms with Crippen LogP contribution >= 0.6 is 92.4 Å². The SMILES string of the molecule is [2H]C([2H])(O[P@@](=O)(C[C@@H](C)C(=O)OC(C)C)Oc1ccccc1)[C@H]1O[C@@H](n2cc(F)c(N)nc2=O)C(Cl)(C#CCl)[C@H]1O.[2H]C([2H])(O[P@@](=O)(C[C@@H](C)C(=O)OC(C)C)Oc1ccccc1)[C@H]1O[C@@H](n2cnc(N)nc2=O)C(Cl)(C#CCl)[C@H]1O.[2H]C([2H])(O[P@@](=O)(C[C@@H](C)C(=O)OC(C)C)Oc1ccccc1)[C@H]1O[C@@H](n2ncc(N)nc2=O)C(Cl)(C#CCl)[C@H]1O. The number of esters is 3. The summed E-state index contributed by atoms with van der Waals surface area (Å²) in [6, 6.07) is 23.1. The Balaban J connectivity index is 0.000000250.